The van der Waals surface area contributed by atoms with E-state index in [1.165, 1.54) is 24.4 Å². The molecule has 12 nitrogen and oxygen atoms in total. The summed E-state index contributed by atoms with van der Waals surface area (Å²) in [5.41, 5.74) is 5.69. The minimum Gasteiger partial charge on any atom is -0.497 e. The van der Waals surface area contributed by atoms with Gasteiger partial charge in [0.05, 0.1) is 46.3 Å². The Labute approximate surface area is 362 Å². The number of pyridine rings is 1. The Balaban J connectivity index is 1.10. The van der Waals surface area contributed by atoms with Gasteiger partial charge in [-0.1, -0.05) is 60.1 Å². The molecule has 61 heavy (non-hydrogen) atoms. The minimum absolute atomic E-state index is 0.0156. The van der Waals surface area contributed by atoms with Crippen molar-refractivity contribution in [2.45, 2.75) is 38.9 Å². The van der Waals surface area contributed by atoms with Crippen molar-refractivity contribution < 1.29 is 33.6 Å². The summed E-state index contributed by atoms with van der Waals surface area (Å²) in [5.74, 6) is 1.91. The van der Waals surface area contributed by atoms with Gasteiger partial charge in [-0.3, -0.25) is 9.88 Å². The van der Waals surface area contributed by atoms with Gasteiger partial charge in [-0.2, -0.15) is 4.37 Å². The zero-order chi connectivity index (χ0) is 42.3. The monoisotopic (exact) mass is 857 g/mol. The van der Waals surface area contributed by atoms with Gasteiger partial charge in [-0.05, 0) is 104 Å². The number of carboxylic acids is 1. The number of carboxylic acid groups (broad SMARTS) is 1. The van der Waals surface area contributed by atoms with Gasteiger partial charge in [0.2, 0.25) is 12.0 Å². The SMILES string of the molecule is COc1cccc(-c2ncc3snc(O[C@H](Cc4ccccc4OCc4ccnc(-c5ccccc5OC)n4)C(=O)O)c3c2-c2ccc(OCCN3CCCC3)c(Cl)c2C)c1. The van der Waals surface area contributed by atoms with Gasteiger partial charge in [0.25, 0.3) is 0 Å². The summed E-state index contributed by atoms with van der Waals surface area (Å²) in [6.45, 7) is 5.57. The molecular formula is C47H44ClN5O7S. The summed E-state index contributed by atoms with van der Waals surface area (Å²) in [5, 5.41) is 11.7. The maximum absolute atomic E-state index is 13.0. The molecule has 0 spiro atoms. The molecule has 0 aliphatic carbocycles. The first-order chi connectivity index (χ1) is 29.8. The fraction of sp³-hybridized carbons (Fsp3) is 0.255. The number of aliphatic carboxylic acids is 1. The van der Waals surface area contributed by atoms with Gasteiger partial charge in [0.1, 0.15) is 36.2 Å². The number of hydrogen-bond acceptors (Lipinski definition) is 12. The van der Waals surface area contributed by atoms with Crippen molar-refractivity contribution in [1.82, 2.24) is 24.2 Å². The van der Waals surface area contributed by atoms with Gasteiger partial charge in [-0.15, -0.1) is 0 Å². The Morgan fingerprint density at radius 1 is 0.885 bits per heavy atom. The minimum atomic E-state index is -1.33. The van der Waals surface area contributed by atoms with Crippen molar-refractivity contribution in [3.8, 4) is 62.7 Å². The van der Waals surface area contributed by atoms with Crippen LogP contribution in [-0.4, -0.2) is 81.9 Å². The average molecular weight is 858 g/mol. The maximum Gasteiger partial charge on any atom is 0.345 e. The van der Waals surface area contributed by atoms with Gasteiger partial charge >= 0.3 is 5.97 Å². The largest absolute Gasteiger partial charge is 0.497 e. The van der Waals surface area contributed by atoms with Crippen LogP contribution in [0.1, 0.15) is 29.7 Å². The first-order valence-electron chi connectivity index (χ1n) is 19.9. The standard InChI is InChI=1S/C47H44ClN5O7S/c1-29-34(17-18-38(43(29)48)58-24-23-53-21-8-9-22-53)41-42-40(27-50-44(41)31-12-10-13-33(25-31)56-2)61-52-46(42)60-39(47(54)55)26-30-11-4-6-15-36(30)59-28-32-19-20-49-45(51-32)35-14-5-7-16-37(35)57-3/h4-7,10-20,25,27,39H,8-9,21-24,26,28H2,1-3H3,(H,54,55)/t39-/m1/s1. The van der Waals surface area contributed by atoms with Crippen LogP contribution in [0.4, 0.5) is 0 Å². The third kappa shape index (κ3) is 9.24. The molecule has 1 atom stereocenters. The molecule has 14 heteroatoms. The second-order valence-corrected chi connectivity index (χ2v) is 15.7. The van der Waals surface area contributed by atoms with Crippen LogP contribution in [0.15, 0.2) is 103 Å². The fourth-order valence-corrected chi connectivity index (χ4v) is 8.41. The molecule has 0 radical (unpaired) electrons. The lowest BCUT2D eigenvalue weighted by Crippen LogP contribution is -2.29. The lowest BCUT2D eigenvalue weighted by atomic mass is 9.93. The fourth-order valence-electron chi connectivity index (χ4n) is 7.49. The van der Waals surface area contributed by atoms with Crippen LogP contribution < -0.4 is 23.7 Å². The second kappa shape index (κ2) is 19.0. The molecule has 1 aliphatic rings. The lowest BCUT2D eigenvalue weighted by molar-refractivity contribution is -0.145. The number of likely N-dealkylation sites (tertiary alicyclic amines) is 1. The summed E-state index contributed by atoms with van der Waals surface area (Å²) in [7, 11) is 3.22. The van der Waals surface area contributed by atoms with E-state index in [-0.39, 0.29) is 18.9 Å². The molecule has 1 aliphatic heterocycles. The molecule has 1 N–H and O–H groups in total. The Hall–Kier alpha value is -6.28. The predicted octanol–water partition coefficient (Wildman–Crippen LogP) is 9.59. The molecule has 4 aromatic carbocycles. The zero-order valence-corrected chi connectivity index (χ0v) is 35.5. The summed E-state index contributed by atoms with van der Waals surface area (Å²) in [6, 6.07) is 28.0. The summed E-state index contributed by atoms with van der Waals surface area (Å²) >= 11 is 8.25. The molecular weight excluding hydrogens is 814 g/mol. The van der Waals surface area contributed by atoms with E-state index in [0.29, 0.717) is 73.1 Å². The number of halogens is 1. The van der Waals surface area contributed by atoms with Crippen LogP contribution >= 0.6 is 23.1 Å². The molecule has 1 saturated heterocycles. The van der Waals surface area contributed by atoms with Crippen molar-refractivity contribution in [2.75, 3.05) is 40.5 Å². The molecule has 0 amide bonds. The number of fused-ring (bicyclic) bond motifs is 1. The van der Waals surface area contributed by atoms with E-state index in [2.05, 4.69) is 14.3 Å². The Kier molecular flexibility index (Phi) is 12.9. The highest BCUT2D eigenvalue weighted by Gasteiger charge is 2.28. The number of ether oxygens (including phenoxy) is 5. The highest BCUT2D eigenvalue weighted by atomic mass is 35.5. The van der Waals surface area contributed by atoms with Crippen LogP contribution in [0.5, 0.6) is 28.9 Å². The normalized spacial score (nSPS) is 13.2. The molecule has 312 valence electrons. The third-order valence-electron chi connectivity index (χ3n) is 10.7. The van der Waals surface area contributed by atoms with Crippen LogP contribution in [0.2, 0.25) is 5.02 Å². The van der Waals surface area contributed by atoms with Crippen molar-refractivity contribution in [2.24, 2.45) is 0 Å². The highest BCUT2D eigenvalue weighted by Crippen LogP contribution is 2.46. The first kappa shape index (κ1) is 41.5. The Bertz CT molecular complexity index is 2670. The third-order valence-corrected chi connectivity index (χ3v) is 11.9. The molecule has 0 unspecified atom stereocenters. The van der Waals surface area contributed by atoms with Gasteiger partial charge < -0.3 is 28.8 Å². The first-order valence-corrected chi connectivity index (χ1v) is 21.1. The van der Waals surface area contributed by atoms with Crippen molar-refractivity contribution >= 4 is 39.2 Å². The average Bonchev–Trinajstić information content (AvgIpc) is 3.97. The predicted molar refractivity (Wildman–Crippen MR) is 236 cm³/mol. The number of aromatic nitrogens is 4. The number of rotatable bonds is 17. The van der Waals surface area contributed by atoms with Crippen molar-refractivity contribution in [3.05, 3.63) is 125 Å². The van der Waals surface area contributed by atoms with Crippen LogP contribution in [-0.2, 0) is 17.8 Å². The number of nitrogens with zero attached hydrogens (tertiary/aromatic N) is 5. The quantitative estimate of drug-likeness (QED) is 0.0934. The topological polar surface area (TPSA) is 138 Å². The van der Waals surface area contributed by atoms with E-state index < -0.39 is 12.1 Å². The number of hydrogen-bond donors (Lipinski definition) is 1. The smallest absolute Gasteiger partial charge is 0.345 e. The molecule has 0 saturated carbocycles. The van der Waals surface area contributed by atoms with Crippen molar-refractivity contribution in [1.29, 1.82) is 0 Å². The van der Waals surface area contributed by atoms with Crippen LogP contribution in [0.25, 0.3) is 43.9 Å². The highest BCUT2D eigenvalue weighted by molar-refractivity contribution is 7.13. The number of methoxy groups -OCH3 is 2. The number of para-hydroxylation sites is 2. The van der Waals surface area contributed by atoms with E-state index in [1.807, 2.05) is 85.8 Å². The zero-order valence-electron chi connectivity index (χ0n) is 34.0. The molecule has 7 aromatic rings. The summed E-state index contributed by atoms with van der Waals surface area (Å²) in [6.07, 6.45) is 4.47. The molecule has 1 fully saturated rings. The second-order valence-electron chi connectivity index (χ2n) is 14.5. The Morgan fingerprint density at radius 2 is 1.69 bits per heavy atom. The number of carbonyl (C=O) groups is 1. The summed E-state index contributed by atoms with van der Waals surface area (Å²) in [4.78, 5) is 29.5. The molecule has 3 aromatic heterocycles. The number of benzene rings is 4. The van der Waals surface area contributed by atoms with E-state index in [0.717, 1.165) is 41.9 Å². The lowest BCUT2D eigenvalue weighted by Gasteiger charge is -2.19. The Morgan fingerprint density at radius 3 is 2.49 bits per heavy atom. The summed E-state index contributed by atoms with van der Waals surface area (Å²) < 4.78 is 35.4. The van der Waals surface area contributed by atoms with Crippen LogP contribution in [0.3, 0.4) is 0 Å². The van der Waals surface area contributed by atoms with E-state index in [9.17, 15) is 9.90 Å². The molecule has 8 rings (SSSR count). The van der Waals surface area contributed by atoms with E-state index in [4.69, 9.17) is 45.3 Å². The maximum atomic E-state index is 13.0. The van der Waals surface area contributed by atoms with E-state index >= 15 is 0 Å². The molecule has 0 bridgehead atoms. The van der Waals surface area contributed by atoms with Crippen LogP contribution in [0, 0.1) is 6.92 Å². The van der Waals surface area contributed by atoms with Crippen molar-refractivity contribution in [3.63, 3.8) is 0 Å². The molecule has 4 heterocycles. The van der Waals surface area contributed by atoms with E-state index in [1.54, 1.807) is 38.7 Å². The van der Waals surface area contributed by atoms with Gasteiger partial charge in [0, 0.05) is 36.5 Å². The van der Waals surface area contributed by atoms with Gasteiger partial charge in [0.15, 0.2) is 5.82 Å². The van der Waals surface area contributed by atoms with Gasteiger partial charge in [-0.25, -0.2) is 14.8 Å².